The summed E-state index contributed by atoms with van der Waals surface area (Å²) in [4.78, 5) is 22.3. The Hall–Kier alpha value is -1.52. The molecule has 1 aromatic heterocycles. The zero-order valence-electron chi connectivity index (χ0n) is 6.44. The molecule has 1 aromatic rings. The lowest BCUT2D eigenvalue weighted by Gasteiger charge is -2.14. The molecule has 0 atom stereocenters. The highest BCUT2D eigenvalue weighted by molar-refractivity contribution is 5.49. The van der Waals surface area contributed by atoms with Gasteiger partial charge in [0.25, 0.3) is 11.1 Å². The minimum absolute atomic E-state index is 0.197. The SMILES string of the molecule is O=c1[nH][nH]c(=O)c2c1CCCN2. The monoisotopic (exact) mass is 167 g/mol. The third kappa shape index (κ3) is 0.939. The summed E-state index contributed by atoms with van der Waals surface area (Å²) in [6.07, 6.45) is 1.58. The molecule has 0 saturated heterocycles. The molecule has 0 aliphatic carbocycles. The van der Waals surface area contributed by atoms with Crippen LogP contribution in [0.1, 0.15) is 12.0 Å². The average molecular weight is 167 g/mol. The van der Waals surface area contributed by atoms with E-state index in [4.69, 9.17) is 0 Å². The highest BCUT2D eigenvalue weighted by Crippen LogP contribution is 2.11. The molecule has 0 unspecified atom stereocenters. The van der Waals surface area contributed by atoms with Crippen molar-refractivity contribution in [2.24, 2.45) is 0 Å². The molecular formula is C7H9N3O2. The maximum atomic E-state index is 11.2. The fraction of sp³-hybridized carbons (Fsp3) is 0.429. The summed E-state index contributed by atoms with van der Waals surface area (Å²) in [5.74, 6) is 0. The van der Waals surface area contributed by atoms with E-state index < -0.39 is 0 Å². The van der Waals surface area contributed by atoms with Gasteiger partial charge in [-0.15, -0.1) is 0 Å². The number of aromatic amines is 2. The maximum absolute atomic E-state index is 11.2. The van der Waals surface area contributed by atoms with E-state index >= 15 is 0 Å². The van der Waals surface area contributed by atoms with E-state index in [9.17, 15) is 9.59 Å². The second kappa shape index (κ2) is 2.51. The van der Waals surface area contributed by atoms with Crippen molar-refractivity contribution in [1.82, 2.24) is 10.2 Å². The second-order valence-electron chi connectivity index (χ2n) is 2.79. The highest BCUT2D eigenvalue weighted by Gasteiger charge is 2.14. The molecule has 12 heavy (non-hydrogen) atoms. The molecule has 1 aliphatic rings. The lowest BCUT2D eigenvalue weighted by Crippen LogP contribution is -2.30. The fourth-order valence-corrected chi connectivity index (χ4v) is 1.41. The van der Waals surface area contributed by atoms with Gasteiger partial charge < -0.3 is 5.32 Å². The van der Waals surface area contributed by atoms with Gasteiger partial charge in [-0.05, 0) is 12.8 Å². The van der Waals surface area contributed by atoms with E-state index in [-0.39, 0.29) is 11.1 Å². The smallest absolute Gasteiger partial charge is 0.286 e. The molecule has 0 spiro atoms. The molecule has 3 N–H and O–H groups in total. The number of nitrogens with one attached hydrogen (secondary N) is 3. The minimum atomic E-state index is -0.246. The van der Waals surface area contributed by atoms with Crippen LogP contribution in [0, 0.1) is 0 Å². The Morgan fingerprint density at radius 1 is 1.08 bits per heavy atom. The van der Waals surface area contributed by atoms with E-state index in [0.717, 1.165) is 13.0 Å². The van der Waals surface area contributed by atoms with Crippen LogP contribution < -0.4 is 16.4 Å². The second-order valence-corrected chi connectivity index (χ2v) is 2.79. The van der Waals surface area contributed by atoms with Crippen molar-refractivity contribution in [2.45, 2.75) is 12.8 Å². The largest absolute Gasteiger partial charge is 0.380 e. The highest BCUT2D eigenvalue weighted by atomic mass is 16.1. The molecule has 2 heterocycles. The Morgan fingerprint density at radius 3 is 2.58 bits per heavy atom. The van der Waals surface area contributed by atoms with Crippen molar-refractivity contribution in [2.75, 3.05) is 11.9 Å². The molecule has 0 radical (unpaired) electrons. The topological polar surface area (TPSA) is 77.8 Å². The van der Waals surface area contributed by atoms with Gasteiger partial charge in [-0.3, -0.25) is 19.8 Å². The minimum Gasteiger partial charge on any atom is -0.380 e. The first-order chi connectivity index (χ1) is 5.79. The third-order valence-electron chi connectivity index (χ3n) is 2.00. The molecule has 5 heteroatoms. The Bertz CT molecular complexity index is 365. The molecule has 0 aromatic carbocycles. The quantitative estimate of drug-likeness (QED) is 0.484. The van der Waals surface area contributed by atoms with E-state index in [1.807, 2.05) is 0 Å². The third-order valence-corrected chi connectivity index (χ3v) is 2.00. The number of fused-ring (bicyclic) bond motifs is 1. The zero-order chi connectivity index (χ0) is 8.55. The molecule has 1 aliphatic heterocycles. The van der Waals surface area contributed by atoms with Gasteiger partial charge in [0.15, 0.2) is 0 Å². The van der Waals surface area contributed by atoms with Gasteiger partial charge in [-0.2, -0.15) is 0 Å². The molecule has 64 valence electrons. The Labute approximate surface area is 67.8 Å². The van der Waals surface area contributed by atoms with Gasteiger partial charge in [-0.1, -0.05) is 0 Å². The zero-order valence-corrected chi connectivity index (χ0v) is 6.44. The average Bonchev–Trinajstić information content (AvgIpc) is 2.12. The van der Waals surface area contributed by atoms with Crippen LogP contribution in [0.2, 0.25) is 0 Å². The molecular weight excluding hydrogens is 158 g/mol. The first kappa shape index (κ1) is 7.15. The molecule has 0 amide bonds. The van der Waals surface area contributed by atoms with Gasteiger partial charge >= 0.3 is 0 Å². The molecule has 0 fully saturated rings. The molecule has 2 rings (SSSR count). The van der Waals surface area contributed by atoms with Gasteiger partial charge in [0.05, 0.1) is 0 Å². The number of hydrogen-bond donors (Lipinski definition) is 3. The van der Waals surface area contributed by atoms with Gasteiger partial charge in [0, 0.05) is 12.1 Å². The molecule has 0 saturated carbocycles. The van der Waals surface area contributed by atoms with Crippen molar-refractivity contribution in [1.29, 1.82) is 0 Å². The predicted octanol–water partition coefficient (Wildman–Crippen LogP) is -0.579. The first-order valence-corrected chi connectivity index (χ1v) is 3.87. The van der Waals surface area contributed by atoms with E-state index in [2.05, 4.69) is 15.5 Å². The Morgan fingerprint density at radius 2 is 1.83 bits per heavy atom. The van der Waals surface area contributed by atoms with Crippen molar-refractivity contribution in [3.63, 3.8) is 0 Å². The Balaban J connectivity index is 2.73. The Kier molecular flexibility index (Phi) is 1.49. The number of hydrogen-bond acceptors (Lipinski definition) is 3. The van der Waals surface area contributed by atoms with Crippen molar-refractivity contribution < 1.29 is 0 Å². The summed E-state index contributed by atoms with van der Waals surface area (Å²) in [5, 5.41) is 7.47. The maximum Gasteiger partial charge on any atom is 0.286 e. The molecule has 5 nitrogen and oxygen atoms in total. The van der Waals surface area contributed by atoms with Gasteiger partial charge in [0.2, 0.25) is 0 Å². The van der Waals surface area contributed by atoms with Crippen LogP contribution in [-0.2, 0) is 6.42 Å². The first-order valence-electron chi connectivity index (χ1n) is 3.87. The van der Waals surface area contributed by atoms with Crippen LogP contribution in [0.15, 0.2) is 9.59 Å². The van der Waals surface area contributed by atoms with Crippen molar-refractivity contribution >= 4 is 5.69 Å². The van der Waals surface area contributed by atoms with Crippen LogP contribution >= 0.6 is 0 Å². The number of anilines is 1. The van der Waals surface area contributed by atoms with E-state index in [0.29, 0.717) is 17.7 Å². The van der Waals surface area contributed by atoms with Crippen molar-refractivity contribution in [3.05, 3.63) is 26.3 Å². The van der Waals surface area contributed by atoms with E-state index in [1.54, 1.807) is 0 Å². The molecule has 0 bridgehead atoms. The predicted molar refractivity (Wildman–Crippen MR) is 44.5 cm³/mol. The summed E-state index contributed by atoms with van der Waals surface area (Å²) in [6.45, 7) is 0.763. The summed E-state index contributed by atoms with van der Waals surface area (Å²) >= 11 is 0. The number of H-pyrrole nitrogens is 2. The summed E-state index contributed by atoms with van der Waals surface area (Å²) in [6, 6.07) is 0. The van der Waals surface area contributed by atoms with Crippen LogP contribution in [0.4, 0.5) is 5.69 Å². The lowest BCUT2D eigenvalue weighted by molar-refractivity contribution is 0.787. The number of rotatable bonds is 0. The van der Waals surface area contributed by atoms with Crippen LogP contribution in [0.3, 0.4) is 0 Å². The summed E-state index contributed by atoms with van der Waals surface area (Å²) < 4.78 is 0. The normalized spacial score (nSPS) is 15.0. The fourth-order valence-electron chi connectivity index (χ4n) is 1.41. The summed E-state index contributed by atoms with van der Waals surface area (Å²) in [5.41, 5.74) is 0.566. The van der Waals surface area contributed by atoms with Crippen LogP contribution in [0.25, 0.3) is 0 Å². The van der Waals surface area contributed by atoms with Crippen molar-refractivity contribution in [3.8, 4) is 0 Å². The number of aromatic nitrogens is 2. The van der Waals surface area contributed by atoms with E-state index in [1.165, 1.54) is 0 Å². The van der Waals surface area contributed by atoms with Crippen LogP contribution in [0.5, 0.6) is 0 Å². The van der Waals surface area contributed by atoms with Crippen LogP contribution in [-0.4, -0.2) is 16.7 Å². The summed E-state index contributed by atoms with van der Waals surface area (Å²) in [7, 11) is 0. The van der Waals surface area contributed by atoms with Gasteiger partial charge in [-0.25, -0.2) is 0 Å². The van der Waals surface area contributed by atoms with Gasteiger partial charge in [0.1, 0.15) is 5.69 Å². The standard InChI is InChI=1S/C7H9N3O2/c11-6-4-2-1-3-8-5(4)7(12)10-9-6/h8H,1-3H2,(H,9,11)(H,10,12). The lowest BCUT2D eigenvalue weighted by atomic mass is 10.1.